The number of likely N-dealkylation sites (tertiary alicyclic amines) is 1. The summed E-state index contributed by atoms with van der Waals surface area (Å²) in [5.74, 6) is 3.12. The van der Waals surface area contributed by atoms with Crippen LogP contribution in [0.25, 0.3) is 0 Å². The lowest BCUT2D eigenvalue weighted by atomic mass is 9.92. The summed E-state index contributed by atoms with van der Waals surface area (Å²) in [5.41, 5.74) is 0. The predicted molar refractivity (Wildman–Crippen MR) is 90.4 cm³/mol. The Bertz CT molecular complexity index is 462. The maximum atomic E-state index is 10.3. The first-order chi connectivity index (χ1) is 11.0. The number of methoxy groups -OCH3 is 2. The van der Waals surface area contributed by atoms with Crippen LogP contribution in [0.4, 0.5) is 0 Å². The van der Waals surface area contributed by atoms with Gasteiger partial charge in [0.1, 0.15) is 12.7 Å². The first-order valence-electron chi connectivity index (χ1n) is 8.27. The van der Waals surface area contributed by atoms with E-state index in [2.05, 4.69) is 18.7 Å². The minimum absolute atomic E-state index is 0.218. The van der Waals surface area contributed by atoms with Crippen molar-refractivity contribution in [3.05, 3.63) is 18.2 Å². The van der Waals surface area contributed by atoms with Gasteiger partial charge in [-0.2, -0.15) is 0 Å². The number of aliphatic hydroxyl groups excluding tert-OH is 1. The van der Waals surface area contributed by atoms with Crippen LogP contribution < -0.4 is 14.2 Å². The van der Waals surface area contributed by atoms with E-state index < -0.39 is 6.10 Å². The molecule has 130 valence electrons. The molecular formula is C18H29NO4. The van der Waals surface area contributed by atoms with Crippen LogP contribution in [0.5, 0.6) is 17.2 Å². The molecule has 1 aromatic carbocycles. The highest BCUT2D eigenvalue weighted by molar-refractivity contribution is 5.51. The molecule has 0 aromatic heterocycles. The van der Waals surface area contributed by atoms with Crippen LogP contribution in [-0.4, -0.2) is 56.6 Å². The number of hydrogen-bond donors (Lipinski definition) is 1. The number of rotatable bonds is 7. The van der Waals surface area contributed by atoms with Gasteiger partial charge in [-0.1, -0.05) is 19.9 Å². The van der Waals surface area contributed by atoms with Crippen molar-refractivity contribution < 1.29 is 19.3 Å². The third-order valence-corrected chi connectivity index (χ3v) is 4.22. The van der Waals surface area contributed by atoms with E-state index in [4.69, 9.17) is 14.2 Å². The van der Waals surface area contributed by atoms with Gasteiger partial charge in [-0.3, -0.25) is 0 Å². The van der Waals surface area contributed by atoms with Gasteiger partial charge in [-0.05, 0) is 30.4 Å². The van der Waals surface area contributed by atoms with Gasteiger partial charge in [0.15, 0.2) is 11.5 Å². The van der Waals surface area contributed by atoms with E-state index in [0.717, 1.165) is 13.1 Å². The SMILES string of the molecule is COc1cccc(OC)c1OC[C@@H](O)CN1C[C@H](C)C[C@H](C)C1. The van der Waals surface area contributed by atoms with Gasteiger partial charge in [0, 0.05) is 19.6 Å². The Kier molecular flexibility index (Phi) is 6.54. The number of β-amino-alcohol motifs (C(OH)–C–C–N with tert-alkyl or cyclic N) is 1. The number of aliphatic hydroxyl groups is 1. The van der Waals surface area contributed by atoms with Gasteiger partial charge in [0.05, 0.1) is 14.2 Å². The fraction of sp³-hybridized carbons (Fsp3) is 0.667. The molecule has 23 heavy (non-hydrogen) atoms. The second kappa shape index (κ2) is 8.41. The molecule has 5 nitrogen and oxygen atoms in total. The van der Waals surface area contributed by atoms with Crippen LogP contribution >= 0.6 is 0 Å². The molecule has 0 aliphatic carbocycles. The Morgan fingerprint density at radius 1 is 1.13 bits per heavy atom. The highest BCUT2D eigenvalue weighted by Gasteiger charge is 2.24. The second-order valence-corrected chi connectivity index (χ2v) is 6.62. The lowest BCUT2D eigenvalue weighted by Crippen LogP contribution is -2.44. The van der Waals surface area contributed by atoms with Gasteiger partial charge in [-0.25, -0.2) is 0 Å². The molecule has 0 spiro atoms. The average Bonchev–Trinajstić information content (AvgIpc) is 2.51. The van der Waals surface area contributed by atoms with Crippen molar-refractivity contribution in [1.82, 2.24) is 4.90 Å². The van der Waals surface area contributed by atoms with E-state index >= 15 is 0 Å². The minimum Gasteiger partial charge on any atom is -0.493 e. The topological polar surface area (TPSA) is 51.2 Å². The summed E-state index contributed by atoms with van der Waals surface area (Å²) in [6, 6.07) is 5.48. The summed E-state index contributed by atoms with van der Waals surface area (Å²) >= 11 is 0. The minimum atomic E-state index is -0.540. The molecule has 3 atom stereocenters. The first kappa shape index (κ1) is 17.9. The average molecular weight is 323 g/mol. The highest BCUT2D eigenvalue weighted by Crippen LogP contribution is 2.36. The molecule has 0 radical (unpaired) electrons. The summed E-state index contributed by atoms with van der Waals surface area (Å²) in [6.07, 6.45) is 0.726. The van der Waals surface area contributed by atoms with E-state index in [1.54, 1.807) is 14.2 Å². The fourth-order valence-electron chi connectivity index (χ4n) is 3.43. The first-order valence-corrected chi connectivity index (χ1v) is 8.27. The lowest BCUT2D eigenvalue weighted by molar-refractivity contribution is 0.0416. The Balaban J connectivity index is 1.90. The molecule has 1 aliphatic heterocycles. The summed E-state index contributed by atoms with van der Waals surface area (Å²) in [6.45, 7) is 7.47. The molecule has 1 N–H and O–H groups in total. The monoisotopic (exact) mass is 323 g/mol. The number of benzene rings is 1. The van der Waals surface area contributed by atoms with Gasteiger partial charge in [0.25, 0.3) is 0 Å². The molecule has 1 saturated heterocycles. The quantitative estimate of drug-likeness (QED) is 0.835. The van der Waals surface area contributed by atoms with Crippen LogP contribution in [0.2, 0.25) is 0 Å². The summed E-state index contributed by atoms with van der Waals surface area (Å²) in [5, 5.41) is 10.3. The van der Waals surface area contributed by atoms with Crippen LogP contribution in [0, 0.1) is 11.8 Å². The molecule has 2 rings (SSSR count). The molecule has 1 fully saturated rings. The van der Waals surface area contributed by atoms with E-state index in [0.29, 0.717) is 35.6 Å². The van der Waals surface area contributed by atoms with E-state index in [1.807, 2.05) is 18.2 Å². The molecule has 0 amide bonds. The van der Waals surface area contributed by atoms with Gasteiger partial charge in [-0.15, -0.1) is 0 Å². The molecule has 0 unspecified atom stereocenters. The van der Waals surface area contributed by atoms with E-state index in [-0.39, 0.29) is 6.61 Å². The summed E-state index contributed by atoms with van der Waals surface area (Å²) in [7, 11) is 3.18. The van der Waals surface area contributed by atoms with Crippen molar-refractivity contribution in [3.63, 3.8) is 0 Å². The third-order valence-electron chi connectivity index (χ3n) is 4.22. The third kappa shape index (κ3) is 5.01. The molecule has 1 aromatic rings. The maximum absolute atomic E-state index is 10.3. The molecule has 0 saturated carbocycles. The predicted octanol–water partition coefficient (Wildman–Crippen LogP) is 2.42. The Labute approximate surface area is 139 Å². The smallest absolute Gasteiger partial charge is 0.203 e. The van der Waals surface area contributed by atoms with Crippen molar-refractivity contribution in [1.29, 1.82) is 0 Å². The van der Waals surface area contributed by atoms with Crippen LogP contribution in [-0.2, 0) is 0 Å². The van der Waals surface area contributed by atoms with Gasteiger partial charge in [0.2, 0.25) is 5.75 Å². The molecule has 0 bridgehead atoms. The summed E-state index contributed by atoms with van der Waals surface area (Å²) < 4.78 is 16.4. The number of ether oxygens (including phenoxy) is 3. The molecule has 5 heteroatoms. The lowest BCUT2D eigenvalue weighted by Gasteiger charge is -2.35. The van der Waals surface area contributed by atoms with Crippen molar-refractivity contribution in [3.8, 4) is 17.2 Å². The van der Waals surface area contributed by atoms with Crippen molar-refractivity contribution in [2.24, 2.45) is 11.8 Å². The summed E-state index contributed by atoms with van der Waals surface area (Å²) in [4.78, 5) is 2.33. The zero-order valence-electron chi connectivity index (χ0n) is 14.6. The maximum Gasteiger partial charge on any atom is 0.203 e. The van der Waals surface area contributed by atoms with Crippen LogP contribution in [0.1, 0.15) is 20.3 Å². The van der Waals surface area contributed by atoms with E-state index in [9.17, 15) is 5.11 Å². The fourth-order valence-corrected chi connectivity index (χ4v) is 3.43. The number of hydrogen-bond acceptors (Lipinski definition) is 5. The Morgan fingerprint density at radius 3 is 2.22 bits per heavy atom. The van der Waals surface area contributed by atoms with E-state index in [1.165, 1.54) is 6.42 Å². The zero-order chi connectivity index (χ0) is 16.8. The van der Waals surface area contributed by atoms with Crippen molar-refractivity contribution >= 4 is 0 Å². The second-order valence-electron chi connectivity index (χ2n) is 6.62. The van der Waals surface area contributed by atoms with Crippen LogP contribution in [0.15, 0.2) is 18.2 Å². The number of para-hydroxylation sites is 1. The highest BCUT2D eigenvalue weighted by atomic mass is 16.5. The Morgan fingerprint density at radius 2 is 1.70 bits per heavy atom. The van der Waals surface area contributed by atoms with Crippen molar-refractivity contribution in [2.75, 3.05) is 40.5 Å². The zero-order valence-corrected chi connectivity index (χ0v) is 14.6. The largest absolute Gasteiger partial charge is 0.493 e. The standard InChI is InChI=1S/C18H29NO4/c1-13-8-14(2)10-19(9-13)11-15(20)12-23-18-16(21-3)6-5-7-17(18)22-4/h5-7,13-15,20H,8-12H2,1-4H3/t13-,14+,15-/m0/s1. The normalized spacial score (nSPS) is 23.3. The molecular weight excluding hydrogens is 294 g/mol. The number of nitrogens with zero attached hydrogens (tertiary/aromatic N) is 1. The van der Waals surface area contributed by atoms with Crippen LogP contribution in [0.3, 0.4) is 0 Å². The Hall–Kier alpha value is -1.46. The molecule has 1 heterocycles. The number of piperidine rings is 1. The van der Waals surface area contributed by atoms with Crippen molar-refractivity contribution in [2.45, 2.75) is 26.4 Å². The van der Waals surface area contributed by atoms with Gasteiger partial charge >= 0.3 is 0 Å². The van der Waals surface area contributed by atoms with Gasteiger partial charge < -0.3 is 24.2 Å². The molecule has 1 aliphatic rings.